The van der Waals surface area contributed by atoms with Gasteiger partial charge in [-0.25, -0.2) is 0 Å². The second-order valence-electron chi connectivity index (χ2n) is 5.97. The Morgan fingerprint density at radius 3 is 2.37 bits per heavy atom. The van der Waals surface area contributed by atoms with Crippen LogP contribution in [0.5, 0.6) is 0 Å². The second-order valence-corrected chi connectivity index (χ2v) is 5.97. The molecule has 0 radical (unpaired) electrons. The number of likely N-dealkylation sites (N-methyl/N-ethyl adjacent to an activating group) is 1. The minimum absolute atomic E-state index is 0.0372. The summed E-state index contributed by atoms with van der Waals surface area (Å²) < 4.78 is 15.6. The van der Waals surface area contributed by atoms with Crippen molar-refractivity contribution in [3.05, 3.63) is 0 Å². The number of ketones is 1. The number of carbonyl (C=O) groups is 3. The molecule has 0 saturated heterocycles. The molecule has 1 amide bonds. The molecular formula is C18H34N2O7. The fourth-order valence-corrected chi connectivity index (χ4v) is 2.19. The zero-order valence-electron chi connectivity index (χ0n) is 16.5. The number of carbonyl (C=O) groups excluding carboxylic acids is 2. The summed E-state index contributed by atoms with van der Waals surface area (Å²) in [5.41, 5.74) is 0. The first-order chi connectivity index (χ1) is 13.0. The Hall–Kier alpha value is -1.55. The summed E-state index contributed by atoms with van der Waals surface area (Å²) in [5, 5.41) is 14.3. The number of carboxylic acids is 1. The van der Waals surface area contributed by atoms with Crippen LogP contribution >= 0.6 is 0 Å². The lowest BCUT2D eigenvalue weighted by atomic mass is 10.1. The van der Waals surface area contributed by atoms with Crippen LogP contribution in [0.15, 0.2) is 0 Å². The van der Waals surface area contributed by atoms with E-state index in [0.717, 1.165) is 0 Å². The molecular weight excluding hydrogens is 356 g/mol. The molecule has 9 heteroatoms. The molecule has 0 fully saturated rings. The van der Waals surface area contributed by atoms with Gasteiger partial charge in [0.1, 0.15) is 19.3 Å². The molecule has 0 saturated carbocycles. The normalized spacial score (nSPS) is 11.9. The predicted molar refractivity (Wildman–Crippen MR) is 99.7 cm³/mol. The van der Waals surface area contributed by atoms with E-state index >= 15 is 0 Å². The SMILES string of the molecule is CCOCC(=O)CCCOCCOCC(=O)NCCCC[C@H](NC)C(=O)O. The van der Waals surface area contributed by atoms with Crippen molar-refractivity contribution in [1.29, 1.82) is 0 Å². The molecule has 27 heavy (non-hydrogen) atoms. The summed E-state index contributed by atoms with van der Waals surface area (Å²) in [6, 6.07) is -0.549. The quantitative estimate of drug-likeness (QED) is 0.270. The van der Waals surface area contributed by atoms with Gasteiger partial charge in [-0.05, 0) is 39.7 Å². The van der Waals surface area contributed by atoms with E-state index in [4.69, 9.17) is 19.3 Å². The highest BCUT2D eigenvalue weighted by Crippen LogP contribution is 2.00. The molecule has 0 aromatic rings. The maximum atomic E-state index is 11.6. The Bertz CT molecular complexity index is 419. The van der Waals surface area contributed by atoms with Gasteiger partial charge in [0.15, 0.2) is 5.78 Å². The van der Waals surface area contributed by atoms with Gasteiger partial charge >= 0.3 is 5.97 Å². The number of Topliss-reactive ketones (excluding diaryl/α,β-unsaturated/α-hetero) is 1. The molecule has 0 bridgehead atoms. The van der Waals surface area contributed by atoms with Gasteiger partial charge in [0.05, 0.1) is 13.2 Å². The van der Waals surface area contributed by atoms with Crippen molar-refractivity contribution in [2.24, 2.45) is 0 Å². The van der Waals surface area contributed by atoms with Crippen LogP contribution in [0.1, 0.15) is 39.0 Å². The van der Waals surface area contributed by atoms with Crippen LogP contribution in [-0.4, -0.2) is 82.0 Å². The molecule has 0 unspecified atom stereocenters. The van der Waals surface area contributed by atoms with Crippen LogP contribution in [0, 0.1) is 0 Å². The van der Waals surface area contributed by atoms with Crippen molar-refractivity contribution < 1.29 is 33.7 Å². The standard InChI is InChI=1S/C18H34N2O7/c1-3-25-13-15(21)7-6-10-26-11-12-27-14-17(22)20-9-5-4-8-16(19-2)18(23)24/h16,19H,3-14H2,1-2H3,(H,20,22)(H,23,24)/t16-/m0/s1. The number of ether oxygens (including phenoxy) is 3. The van der Waals surface area contributed by atoms with Gasteiger partial charge in [0.2, 0.25) is 5.91 Å². The Morgan fingerprint density at radius 2 is 1.70 bits per heavy atom. The molecule has 0 aliphatic rings. The molecule has 9 nitrogen and oxygen atoms in total. The molecule has 3 N–H and O–H groups in total. The summed E-state index contributed by atoms with van der Waals surface area (Å²) in [4.78, 5) is 33.7. The van der Waals surface area contributed by atoms with Crippen molar-refractivity contribution in [1.82, 2.24) is 10.6 Å². The number of amides is 1. The van der Waals surface area contributed by atoms with Crippen molar-refractivity contribution in [2.45, 2.75) is 45.1 Å². The van der Waals surface area contributed by atoms with Gasteiger partial charge in [-0.3, -0.25) is 14.4 Å². The lowest BCUT2D eigenvalue weighted by Gasteiger charge is -2.11. The highest BCUT2D eigenvalue weighted by Gasteiger charge is 2.13. The van der Waals surface area contributed by atoms with E-state index in [9.17, 15) is 14.4 Å². The Kier molecular flexibility index (Phi) is 16.8. The average Bonchev–Trinajstić information content (AvgIpc) is 2.64. The van der Waals surface area contributed by atoms with E-state index in [-0.39, 0.29) is 24.9 Å². The number of hydrogen-bond acceptors (Lipinski definition) is 7. The molecule has 158 valence electrons. The fraction of sp³-hybridized carbons (Fsp3) is 0.833. The summed E-state index contributed by atoms with van der Waals surface area (Å²) in [7, 11) is 1.61. The maximum Gasteiger partial charge on any atom is 0.320 e. The van der Waals surface area contributed by atoms with Crippen LogP contribution in [0.4, 0.5) is 0 Å². The molecule has 0 aliphatic carbocycles. The third-order valence-electron chi connectivity index (χ3n) is 3.70. The Balaban J connectivity index is 3.39. The third kappa shape index (κ3) is 16.4. The van der Waals surface area contributed by atoms with Crippen molar-refractivity contribution in [2.75, 3.05) is 53.2 Å². The molecule has 0 aliphatic heterocycles. The number of rotatable bonds is 19. The minimum Gasteiger partial charge on any atom is -0.480 e. The highest BCUT2D eigenvalue weighted by atomic mass is 16.5. The predicted octanol–water partition coefficient (Wildman–Crippen LogP) is 0.365. The third-order valence-corrected chi connectivity index (χ3v) is 3.70. The van der Waals surface area contributed by atoms with Gasteiger partial charge in [-0.2, -0.15) is 0 Å². The topological polar surface area (TPSA) is 123 Å². The summed E-state index contributed by atoms with van der Waals surface area (Å²) >= 11 is 0. The lowest BCUT2D eigenvalue weighted by Crippen LogP contribution is -2.34. The zero-order valence-corrected chi connectivity index (χ0v) is 16.5. The van der Waals surface area contributed by atoms with E-state index in [1.54, 1.807) is 7.05 Å². The van der Waals surface area contributed by atoms with Crippen molar-refractivity contribution in [3.63, 3.8) is 0 Å². The van der Waals surface area contributed by atoms with Crippen molar-refractivity contribution >= 4 is 17.7 Å². The average molecular weight is 390 g/mol. The number of carboxylic acid groups (broad SMARTS) is 1. The van der Waals surface area contributed by atoms with Gasteiger partial charge < -0.3 is 30.0 Å². The van der Waals surface area contributed by atoms with Crippen LogP contribution in [-0.2, 0) is 28.6 Å². The van der Waals surface area contributed by atoms with Gasteiger partial charge in [0, 0.05) is 26.2 Å². The van der Waals surface area contributed by atoms with Crippen LogP contribution in [0.25, 0.3) is 0 Å². The summed E-state index contributed by atoms with van der Waals surface area (Å²) in [6.07, 6.45) is 3.02. The monoisotopic (exact) mass is 390 g/mol. The van der Waals surface area contributed by atoms with E-state index in [0.29, 0.717) is 65.1 Å². The first kappa shape index (κ1) is 25.4. The smallest absolute Gasteiger partial charge is 0.320 e. The zero-order chi connectivity index (χ0) is 20.3. The molecule has 1 atom stereocenters. The lowest BCUT2D eigenvalue weighted by molar-refractivity contribution is -0.139. The minimum atomic E-state index is -0.866. The summed E-state index contributed by atoms with van der Waals surface area (Å²) in [6.45, 7) is 4.14. The molecule has 0 aromatic carbocycles. The molecule has 0 spiro atoms. The van der Waals surface area contributed by atoms with Crippen LogP contribution in [0.2, 0.25) is 0 Å². The van der Waals surface area contributed by atoms with E-state index in [1.165, 1.54) is 0 Å². The number of nitrogens with one attached hydrogen (secondary N) is 2. The first-order valence-electron chi connectivity index (χ1n) is 9.42. The van der Waals surface area contributed by atoms with Gasteiger partial charge in [-0.15, -0.1) is 0 Å². The molecule has 0 heterocycles. The van der Waals surface area contributed by atoms with Crippen LogP contribution in [0.3, 0.4) is 0 Å². The van der Waals surface area contributed by atoms with Gasteiger partial charge in [-0.1, -0.05) is 0 Å². The number of aliphatic carboxylic acids is 1. The largest absolute Gasteiger partial charge is 0.480 e. The first-order valence-corrected chi connectivity index (χ1v) is 9.42. The van der Waals surface area contributed by atoms with E-state index < -0.39 is 12.0 Å². The summed E-state index contributed by atoms with van der Waals surface area (Å²) in [5.74, 6) is -1.01. The Morgan fingerprint density at radius 1 is 0.963 bits per heavy atom. The number of unbranched alkanes of at least 4 members (excludes halogenated alkanes) is 1. The van der Waals surface area contributed by atoms with E-state index in [1.807, 2.05) is 6.92 Å². The van der Waals surface area contributed by atoms with Crippen molar-refractivity contribution in [3.8, 4) is 0 Å². The molecule has 0 aromatic heterocycles. The van der Waals surface area contributed by atoms with E-state index in [2.05, 4.69) is 10.6 Å². The van der Waals surface area contributed by atoms with Crippen LogP contribution < -0.4 is 10.6 Å². The Labute approximate surface area is 161 Å². The van der Waals surface area contributed by atoms with Gasteiger partial charge in [0.25, 0.3) is 0 Å². The number of hydrogen-bond donors (Lipinski definition) is 3. The maximum absolute atomic E-state index is 11.6. The molecule has 0 rings (SSSR count). The second kappa shape index (κ2) is 17.8. The highest BCUT2D eigenvalue weighted by molar-refractivity contribution is 5.79. The fourth-order valence-electron chi connectivity index (χ4n) is 2.19.